The van der Waals surface area contributed by atoms with Crippen LogP contribution in [0, 0.1) is 19.7 Å². The van der Waals surface area contributed by atoms with Crippen LogP contribution in [0.2, 0.25) is 0 Å². The van der Waals surface area contributed by atoms with E-state index in [-0.39, 0.29) is 11.9 Å². The van der Waals surface area contributed by atoms with Crippen LogP contribution in [0.5, 0.6) is 0 Å². The van der Waals surface area contributed by atoms with Crippen molar-refractivity contribution in [3.8, 4) is 0 Å². The molecule has 19 heavy (non-hydrogen) atoms. The molecular formula is C16H17BrFN. The summed E-state index contributed by atoms with van der Waals surface area (Å²) in [4.78, 5) is 0. The molecule has 1 nitrogen and oxygen atoms in total. The standard InChI is InChI=1S/C16H17BrFN/c1-10-4-6-13(11(2)8-10)16(19-3)12-5-7-14(17)15(18)9-12/h4-9,16,19H,1-3H3. The van der Waals surface area contributed by atoms with E-state index in [1.165, 1.54) is 16.7 Å². The second-order valence-electron chi connectivity index (χ2n) is 4.76. The lowest BCUT2D eigenvalue weighted by Crippen LogP contribution is -2.19. The van der Waals surface area contributed by atoms with E-state index in [4.69, 9.17) is 0 Å². The Morgan fingerprint density at radius 1 is 1.11 bits per heavy atom. The summed E-state index contributed by atoms with van der Waals surface area (Å²) in [6, 6.07) is 11.6. The molecule has 0 aliphatic heterocycles. The Labute approximate surface area is 122 Å². The lowest BCUT2D eigenvalue weighted by Gasteiger charge is -2.20. The van der Waals surface area contributed by atoms with Gasteiger partial charge in [-0.05, 0) is 65.6 Å². The molecule has 1 unspecified atom stereocenters. The van der Waals surface area contributed by atoms with Crippen molar-refractivity contribution < 1.29 is 4.39 Å². The number of aryl methyl sites for hydroxylation is 2. The van der Waals surface area contributed by atoms with Gasteiger partial charge < -0.3 is 5.32 Å². The van der Waals surface area contributed by atoms with Gasteiger partial charge in [0, 0.05) is 0 Å². The Hall–Kier alpha value is -1.19. The van der Waals surface area contributed by atoms with Crippen molar-refractivity contribution in [2.24, 2.45) is 0 Å². The maximum absolute atomic E-state index is 13.7. The zero-order valence-electron chi connectivity index (χ0n) is 11.3. The molecule has 2 aromatic rings. The lowest BCUT2D eigenvalue weighted by molar-refractivity contribution is 0.610. The third-order valence-electron chi connectivity index (χ3n) is 3.30. The van der Waals surface area contributed by atoms with Crippen LogP contribution in [0.1, 0.15) is 28.3 Å². The first-order chi connectivity index (χ1) is 9.02. The first-order valence-electron chi connectivity index (χ1n) is 6.22. The van der Waals surface area contributed by atoms with Crippen LogP contribution in [0.3, 0.4) is 0 Å². The summed E-state index contributed by atoms with van der Waals surface area (Å²) >= 11 is 3.19. The molecule has 1 N–H and O–H groups in total. The summed E-state index contributed by atoms with van der Waals surface area (Å²) in [5.41, 5.74) is 4.55. The largest absolute Gasteiger partial charge is 0.309 e. The fourth-order valence-electron chi connectivity index (χ4n) is 2.34. The highest BCUT2D eigenvalue weighted by Gasteiger charge is 2.15. The molecule has 2 aromatic carbocycles. The molecule has 0 bridgehead atoms. The molecule has 2 rings (SSSR count). The summed E-state index contributed by atoms with van der Waals surface area (Å²) in [7, 11) is 1.89. The summed E-state index contributed by atoms with van der Waals surface area (Å²) < 4.78 is 14.2. The van der Waals surface area contributed by atoms with E-state index in [0.29, 0.717) is 4.47 Å². The topological polar surface area (TPSA) is 12.0 Å². The summed E-state index contributed by atoms with van der Waals surface area (Å²) in [6.07, 6.45) is 0. The van der Waals surface area contributed by atoms with Crippen molar-refractivity contribution in [2.75, 3.05) is 7.05 Å². The SMILES string of the molecule is CNC(c1ccc(Br)c(F)c1)c1ccc(C)cc1C. The van der Waals surface area contributed by atoms with Crippen molar-refractivity contribution >= 4 is 15.9 Å². The molecule has 0 saturated heterocycles. The van der Waals surface area contributed by atoms with Crippen LogP contribution in [-0.2, 0) is 0 Å². The summed E-state index contributed by atoms with van der Waals surface area (Å²) in [5.74, 6) is -0.234. The van der Waals surface area contributed by atoms with Crippen molar-refractivity contribution in [1.82, 2.24) is 5.32 Å². The molecule has 0 fully saturated rings. The number of rotatable bonds is 3. The van der Waals surface area contributed by atoms with E-state index in [1.807, 2.05) is 13.1 Å². The summed E-state index contributed by atoms with van der Waals surface area (Å²) in [5, 5.41) is 3.26. The third kappa shape index (κ3) is 3.04. The van der Waals surface area contributed by atoms with Crippen LogP contribution in [0.15, 0.2) is 40.9 Å². The van der Waals surface area contributed by atoms with Crippen LogP contribution >= 0.6 is 15.9 Å². The number of hydrogen-bond acceptors (Lipinski definition) is 1. The van der Waals surface area contributed by atoms with E-state index in [1.54, 1.807) is 12.1 Å². The fraction of sp³-hybridized carbons (Fsp3) is 0.250. The molecule has 0 amide bonds. The van der Waals surface area contributed by atoms with Crippen molar-refractivity contribution in [1.29, 1.82) is 0 Å². The van der Waals surface area contributed by atoms with Gasteiger partial charge in [-0.1, -0.05) is 29.8 Å². The molecule has 3 heteroatoms. The molecule has 100 valence electrons. The fourth-order valence-corrected chi connectivity index (χ4v) is 2.59. The van der Waals surface area contributed by atoms with E-state index < -0.39 is 0 Å². The van der Waals surface area contributed by atoms with E-state index in [0.717, 1.165) is 5.56 Å². The number of halogens is 2. The normalized spacial score (nSPS) is 12.5. The predicted molar refractivity (Wildman–Crippen MR) is 80.9 cm³/mol. The maximum atomic E-state index is 13.7. The van der Waals surface area contributed by atoms with E-state index >= 15 is 0 Å². The Balaban J connectivity index is 2.46. The average molecular weight is 322 g/mol. The highest BCUT2D eigenvalue weighted by Crippen LogP contribution is 2.27. The van der Waals surface area contributed by atoms with Crippen LogP contribution in [0.25, 0.3) is 0 Å². The quantitative estimate of drug-likeness (QED) is 0.876. The third-order valence-corrected chi connectivity index (χ3v) is 3.95. The second-order valence-corrected chi connectivity index (χ2v) is 5.61. The number of benzene rings is 2. The highest BCUT2D eigenvalue weighted by molar-refractivity contribution is 9.10. The van der Waals surface area contributed by atoms with E-state index in [2.05, 4.69) is 53.3 Å². The van der Waals surface area contributed by atoms with Gasteiger partial charge in [-0.2, -0.15) is 0 Å². The molecule has 0 heterocycles. The summed E-state index contributed by atoms with van der Waals surface area (Å²) in [6.45, 7) is 4.16. The first-order valence-corrected chi connectivity index (χ1v) is 7.01. The van der Waals surface area contributed by atoms with Gasteiger partial charge in [0.05, 0.1) is 10.5 Å². The minimum absolute atomic E-state index is 0.00296. The molecule has 0 aromatic heterocycles. The minimum Gasteiger partial charge on any atom is -0.309 e. The van der Waals surface area contributed by atoms with E-state index in [9.17, 15) is 4.39 Å². The van der Waals surface area contributed by atoms with Gasteiger partial charge in [-0.25, -0.2) is 4.39 Å². The van der Waals surface area contributed by atoms with Gasteiger partial charge in [-0.3, -0.25) is 0 Å². The monoisotopic (exact) mass is 321 g/mol. The molecule has 0 aliphatic carbocycles. The Morgan fingerprint density at radius 3 is 2.42 bits per heavy atom. The minimum atomic E-state index is -0.234. The average Bonchev–Trinajstić information content (AvgIpc) is 2.37. The van der Waals surface area contributed by atoms with Crippen LogP contribution < -0.4 is 5.32 Å². The Morgan fingerprint density at radius 2 is 1.84 bits per heavy atom. The molecule has 0 spiro atoms. The van der Waals surface area contributed by atoms with Gasteiger partial charge >= 0.3 is 0 Å². The zero-order valence-corrected chi connectivity index (χ0v) is 12.9. The lowest BCUT2D eigenvalue weighted by atomic mass is 9.94. The van der Waals surface area contributed by atoms with Gasteiger partial charge in [-0.15, -0.1) is 0 Å². The number of hydrogen-bond donors (Lipinski definition) is 1. The van der Waals surface area contributed by atoms with Crippen molar-refractivity contribution in [2.45, 2.75) is 19.9 Å². The van der Waals surface area contributed by atoms with Crippen LogP contribution in [-0.4, -0.2) is 7.05 Å². The van der Waals surface area contributed by atoms with Gasteiger partial charge in [0.1, 0.15) is 5.82 Å². The predicted octanol–water partition coefficient (Wildman–Crippen LogP) is 4.51. The first kappa shape index (κ1) is 14.2. The van der Waals surface area contributed by atoms with Crippen molar-refractivity contribution in [3.63, 3.8) is 0 Å². The second kappa shape index (κ2) is 5.85. The molecule has 0 aliphatic rings. The molecule has 0 saturated carbocycles. The molecular weight excluding hydrogens is 305 g/mol. The Bertz CT molecular complexity index is 595. The van der Waals surface area contributed by atoms with Gasteiger partial charge in [0.25, 0.3) is 0 Å². The van der Waals surface area contributed by atoms with Gasteiger partial charge in [0.2, 0.25) is 0 Å². The van der Waals surface area contributed by atoms with Gasteiger partial charge in [0.15, 0.2) is 0 Å². The molecule has 0 radical (unpaired) electrons. The Kier molecular flexibility index (Phi) is 4.38. The van der Waals surface area contributed by atoms with Crippen molar-refractivity contribution in [3.05, 3.63) is 68.9 Å². The highest BCUT2D eigenvalue weighted by atomic mass is 79.9. The molecule has 1 atom stereocenters. The zero-order chi connectivity index (χ0) is 14.0. The maximum Gasteiger partial charge on any atom is 0.137 e. The van der Waals surface area contributed by atoms with Crippen LogP contribution in [0.4, 0.5) is 4.39 Å². The smallest absolute Gasteiger partial charge is 0.137 e. The number of nitrogens with one attached hydrogen (secondary N) is 1.